The standard InChI is InChI=1S/C19H22FN3O3/c1-23(12-14-4-3-5-17(10-14)26-2)13-19(25)21-11-18(24)22-16-8-6-15(20)7-9-16/h3-10H,11-13H2,1-2H3,(H,21,25)(H,22,24)/p+1. The Morgan fingerprint density at radius 3 is 2.54 bits per heavy atom. The number of methoxy groups -OCH3 is 1. The van der Waals surface area contributed by atoms with Gasteiger partial charge >= 0.3 is 0 Å². The Bertz CT molecular complexity index is 750. The molecule has 2 aromatic carbocycles. The van der Waals surface area contributed by atoms with Gasteiger partial charge in [-0.05, 0) is 36.4 Å². The molecular formula is C19H23FN3O3+. The number of halogens is 1. The number of benzene rings is 2. The van der Waals surface area contributed by atoms with Crippen molar-refractivity contribution in [1.29, 1.82) is 0 Å². The van der Waals surface area contributed by atoms with Crippen molar-refractivity contribution in [2.75, 3.05) is 32.6 Å². The molecule has 0 heterocycles. The smallest absolute Gasteiger partial charge is 0.275 e. The highest BCUT2D eigenvalue weighted by Gasteiger charge is 2.12. The third kappa shape index (κ3) is 6.52. The summed E-state index contributed by atoms with van der Waals surface area (Å²) in [6.07, 6.45) is 0. The molecule has 2 amide bonds. The minimum atomic E-state index is -0.377. The van der Waals surface area contributed by atoms with Gasteiger partial charge < -0.3 is 20.3 Å². The second kappa shape index (κ2) is 9.53. The van der Waals surface area contributed by atoms with Crippen molar-refractivity contribution in [3.63, 3.8) is 0 Å². The zero-order valence-corrected chi connectivity index (χ0v) is 14.8. The number of anilines is 1. The summed E-state index contributed by atoms with van der Waals surface area (Å²) in [7, 11) is 3.51. The molecule has 2 aromatic rings. The Kier molecular flexibility index (Phi) is 7.11. The third-order valence-electron chi connectivity index (χ3n) is 3.68. The van der Waals surface area contributed by atoms with Crippen molar-refractivity contribution in [3.05, 3.63) is 59.9 Å². The number of carbonyl (C=O) groups is 2. The number of likely N-dealkylation sites (N-methyl/N-ethyl adjacent to an activating group) is 1. The molecule has 3 N–H and O–H groups in total. The Balaban J connectivity index is 1.73. The monoisotopic (exact) mass is 360 g/mol. The number of quaternary nitrogens is 1. The molecule has 138 valence electrons. The maximum Gasteiger partial charge on any atom is 0.275 e. The highest BCUT2D eigenvalue weighted by molar-refractivity contribution is 5.94. The molecule has 0 spiro atoms. The van der Waals surface area contributed by atoms with Gasteiger partial charge in [0.2, 0.25) is 5.91 Å². The lowest BCUT2D eigenvalue weighted by Crippen LogP contribution is -3.08. The Morgan fingerprint density at radius 2 is 1.85 bits per heavy atom. The Morgan fingerprint density at radius 1 is 1.12 bits per heavy atom. The van der Waals surface area contributed by atoms with Gasteiger partial charge in [-0.25, -0.2) is 4.39 Å². The summed E-state index contributed by atoms with van der Waals surface area (Å²) >= 11 is 0. The summed E-state index contributed by atoms with van der Waals surface area (Å²) in [6.45, 7) is 0.760. The van der Waals surface area contributed by atoms with E-state index in [1.165, 1.54) is 24.3 Å². The fourth-order valence-electron chi connectivity index (χ4n) is 2.45. The first-order valence-electron chi connectivity index (χ1n) is 8.22. The fourth-order valence-corrected chi connectivity index (χ4v) is 2.45. The van der Waals surface area contributed by atoms with Gasteiger partial charge in [0.05, 0.1) is 20.7 Å². The molecule has 0 aliphatic carbocycles. The number of carbonyl (C=O) groups excluding carboxylic acids is 2. The minimum Gasteiger partial charge on any atom is -0.497 e. The van der Waals surface area contributed by atoms with Gasteiger partial charge in [-0.2, -0.15) is 0 Å². The topological polar surface area (TPSA) is 71.9 Å². The quantitative estimate of drug-likeness (QED) is 0.646. The summed E-state index contributed by atoms with van der Waals surface area (Å²) in [6, 6.07) is 13.1. The molecule has 2 rings (SSSR count). The van der Waals surface area contributed by atoms with Crippen molar-refractivity contribution in [3.8, 4) is 5.75 Å². The van der Waals surface area contributed by atoms with Gasteiger partial charge in [-0.3, -0.25) is 9.59 Å². The number of hydrogen-bond donors (Lipinski definition) is 3. The normalized spacial score (nSPS) is 11.5. The van der Waals surface area contributed by atoms with E-state index in [9.17, 15) is 14.0 Å². The molecule has 0 aromatic heterocycles. The molecule has 0 aliphatic rings. The number of ether oxygens (including phenoxy) is 1. The second-order valence-corrected chi connectivity index (χ2v) is 5.99. The highest BCUT2D eigenvalue weighted by atomic mass is 19.1. The predicted molar refractivity (Wildman–Crippen MR) is 96.5 cm³/mol. The van der Waals surface area contributed by atoms with E-state index in [0.29, 0.717) is 12.2 Å². The van der Waals surface area contributed by atoms with Crippen LogP contribution in [0.2, 0.25) is 0 Å². The van der Waals surface area contributed by atoms with E-state index in [-0.39, 0.29) is 30.7 Å². The third-order valence-corrected chi connectivity index (χ3v) is 3.68. The largest absolute Gasteiger partial charge is 0.497 e. The molecule has 0 fully saturated rings. The molecule has 6 nitrogen and oxygen atoms in total. The molecule has 0 saturated carbocycles. The van der Waals surface area contributed by atoms with Crippen molar-refractivity contribution < 1.29 is 23.6 Å². The molecule has 26 heavy (non-hydrogen) atoms. The molecule has 1 atom stereocenters. The Labute approximate surface area is 152 Å². The van der Waals surface area contributed by atoms with Crippen LogP contribution < -0.4 is 20.3 Å². The van der Waals surface area contributed by atoms with Crippen LogP contribution in [0, 0.1) is 5.82 Å². The van der Waals surface area contributed by atoms with Gasteiger partial charge in [0.1, 0.15) is 18.1 Å². The van der Waals surface area contributed by atoms with Crippen LogP contribution in [-0.2, 0) is 16.1 Å². The fraction of sp³-hybridized carbons (Fsp3) is 0.263. The number of amides is 2. The summed E-state index contributed by atoms with van der Waals surface area (Å²) in [5.74, 6) is -0.189. The lowest BCUT2D eigenvalue weighted by Gasteiger charge is -2.14. The van der Waals surface area contributed by atoms with Crippen molar-refractivity contribution >= 4 is 17.5 Å². The summed E-state index contributed by atoms with van der Waals surface area (Å²) in [5.41, 5.74) is 1.54. The number of nitrogens with one attached hydrogen (secondary N) is 3. The van der Waals surface area contributed by atoms with Crippen LogP contribution in [0.25, 0.3) is 0 Å². The molecule has 0 saturated heterocycles. The van der Waals surface area contributed by atoms with E-state index >= 15 is 0 Å². The van der Waals surface area contributed by atoms with Crippen LogP contribution in [0.1, 0.15) is 5.56 Å². The van der Waals surface area contributed by atoms with E-state index in [1.54, 1.807) is 7.11 Å². The van der Waals surface area contributed by atoms with E-state index < -0.39 is 0 Å². The first-order valence-corrected chi connectivity index (χ1v) is 8.22. The average molecular weight is 360 g/mol. The van der Waals surface area contributed by atoms with Crippen LogP contribution in [-0.4, -0.2) is 39.1 Å². The van der Waals surface area contributed by atoms with Crippen LogP contribution in [0.4, 0.5) is 10.1 Å². The highest BCUT2D eigenvalue weighted by Crippen LogP contribution is 2.11. The molecule has 7 heteroatoms. The first-order chi connectivity index (χ1) is 12.5. The van der Waals surface area contributed by atoms with Crippen molar-refractivity contribution in [1.82, 2.24) is 5.32 Å². The number of rotatable bonds is 8. The van der Waals surface area contributed by atoms with Gasteiger partial charge in [0, 0.05) is 11.3 Å². The van der Waals surface area contributed by atoms with Gasteiger partial charge in [0.15, 0.2) is 6.54 Å². The molecule has 0 aliphatic heterocycles. The summed E-state index contributed by atoms with van der Waals surface area (Å²) < 4.78 is 18.0. The lowest BCUT2D eigenvalue weighted by atomic mass is 10.2. The average Bonchev–Trinajstić information content (AvgIpc) is 2.62. The van der Waals surface area contributed by atoms with Crippen LogP contribution >= 0.6 is 0 Å². The second-order valence-electron chi connectivity index (χ2n) is 5.99. The zero-order chi connectivity index (χ0) is 18.9. The van der Waals surface area contributed by atoms with Gasteiger partial charge in [-0.15, -0.1) is 0 Å². The summed E-state index contributed by atoms with van der Waals surface area (Å²) in [4.78, 5) is 24.8. The zero-order valence-electron chi connectivity index (χ0n) is 14.8. The van der Waals surface area contributed by atoms with E-state index in [0.717, 1.165) is 16.2 Å². The van der Waals surface area contributed by atoms with Crippen molar-refractivity contribution in [2.45, 2.75) is 6.54 Å². The SMILES string of the molecule is COc1cccc(C[NH+](C)CC(=O)NCC(=O)Nc2ccc(F)cc2)c1. The Hall–Kier alpha value is -2.93. The van der Waals surface area contributed by atoms with Gasteiger partial charge in [0.25, 0.3) is 5.91 Å². The van der Waals surface area contributed by atoms with Crippen LogP contribution in [0.3, 0.4) is 0 Å². The van der Waals surface area contributed by atoms with Crippen LogP contribution in [0.5, 0.6) is 5.75 Å². The molecule has 1 unspecified atom stereocenters. The summed E-state index contributed by atoms with van der Waals surface area (Å²) in [5, 5.41) is 5.17. The molecule has 0 radical (unpaired) electrons. The maximum absolute atomic E-state index is 12.8. The molecule has 0 bridgehead atoms. The van der Waals surface area contributed by atoms with Gasteiger partial charge in [-0.1, -0.05) is 12.1 Å². The van der Waals surface area contributed by atoms with E-state index in [2.05, 4.69) is 10.6 Å². The first kappa shape index (κ1) is 19.4. The predicted octanol–water partition coefficient (Wildman–Crippen LogP) is 0.604. The van der Waals surface area contributed by atoms with E-state index in [1.807, 2.05) is 31.3 Å². The van der Waals surface area contributed by atoms with Crippen LogP contribution in [0.15, 0.2) is 48.5 Å². The maximum atomic E-state index is 12.8. The number of hydrogen-bond acceptors (Lipinski definition) is 3. The van der Waals surface area contributed by atoms with E-state index in [4.69, 9.17) is 4.74 Å². The molecular weight excluding hydrogens is 337 g/mol. The minimum absolute atomic E-state index is 0.136. The lowest BCUT2D eigenvalue weighted by molar-refractivity contribution is -0.885. The van der Waals surface area contributed by atoms with Crippen molar-refractivity contribution in [2.24, 2.45) is 0 Å².